The third-order valence-electron chi connectivity index (χ3n) is 4.45. The van der Waals surface area contributed by atoms with Gasteiger partial charge in [0, 0.05) is 18.5 Å². The Balaban J connectivity index is 1.70. The van der Waals surface area contributed by atoms with Crippen LogP contribution >= 0.6 is 0 Å². The Hall–Kier alpha value is -2.20. The summed E-state index contributed by atoms with van der Waals surface area (Å²) >= 11 is 0. The predicted molar refractivity (Wildman–Crippen MR) is 84.5 cm³/mol. The van der Waals surface area contributed by atoms with Crippen molar-refractivity contribution in [3.63, 3.8) is 0 Å². The third-order valence-corrected chi connectivity index (χ3v) is 4.45. The van der Waals surface area contributed by atoms with Crippen LogP contribution in [0.3, 0.4) is 0 Å². The highest BCUT2D eigenvalue weighted by Crippen LogP contribution is 2.35. The van der Waals surface area contributed by atoms with Crippen molar-refractivity contribution in [3.8, 4) is 0 Å². The van der Waals surface area contributed by atoms with Crippen LogP contribution in [0.15, 0.2) is 42.5 Å². The molecule has 3 nitrogen and oxygen atoms in total. The molecule has 111 valence electrons. The number of rotatable bonds is 3. The fourth-order valence-corrected chi connectivity index (χ4v) is 3.34. The van der Waals surface area contributed by atoms with Crippen LogP contribution in [0.2, 0.25) is 0 Å². The average Bonchev–Trinajstić information content (AvgIpc) is 3.12. The van der Waals surface area contributed by atoms with E-state index in [-0.39, 0.29) is 11.9 Å². The standard InChI is InChI=1S/C18H17FN3/c1-2-17(22-10-12-5-3-4-6-13(12)11-22)18-15-8-7-14(19)9-16(15)20-21-18/h3-9,17H,1-2,10-11H2,(H,20,21). The van der Waals surface area contributed by atoms with Crippen LogP contribution in [-0.4, -0.2) is 15.1 Å². The molecule has 1 aliphatic rings. The van der Waals surface area contributed by atoms with Gasteiger partial charge in [0.1, 0.15) is 5.82 Å². The summed E-state index contributed by atoms with van der Waals surface area (Å²) in [4.78, 5) is 2.39. The van der Waals surface area contributed by atoms with Crippen molar-refractivity contribution in [1.29, 1.82) is 0 Å². The first kappa shape index (κ1) is 13.5. The highest BCUT2D eigenvalue weighted by atomic mass is 19.1. The van der Waals surface area contributed by atoms with E-state index in [0.717, 1.165) is 36.1 Å². The second kappa shape index (κ2) is 5.21. The van der Waals surface area contributed by atoms with Crippen LogP contribution in [0.1, 0.15) is 29.3 Å². The number of hydrogen-bond acceptors (Lipinski definition) is 2. The molecule has 0 aliphatic carbocycles. The van der Waals surface area contributed by atoms with Crippen molar-refractivity contribution >= 4 is 10.9 Å². The van der Waals surface area contributed by atoms with Gasteiger partial charge in [0.25, 0.3) is 0 Å². The maximum Gasteiger partial charge on any atom is 0.125 e. The minimum absolute atomic E-state index is 0.131. The van der Waals surface area contributed by atoms with Gasteiger partial charge in [-0.05, 0) is 35.7 Å². The molecule has 22 heavy (non-hydrogen) atoms. The molecular weight excluding hydrogens is 277 g/mol. The van der Waals surface area contributed by atoms with Crippen LogP contribution < -0.4 is 0 Å². The van der Waals surface area contributed by atoms with Gasteiger partial charge in [0.05, 0.1) is 17.3 Å². The van der Waals surface area contributed by atoms with Crippen molar-refractivity contribution < 1.29 is 4.39 Å². The first-order valence-corrected chi connectivity index (χ1v) is 7.50. The molecule has 2 aromatic carbocycles. The largest absolute Gasteiger partial charge is 0.286 e. The summed E-state index contributed by atoms with van der Waals surface area (Å²) in [5.74, 6) is -0.248. The van der Waals surface area contributed by atoms with Crippen LogP contribution in [0.25, 0.3) is 10.9 Å². The van der Waals surface area contributed by atoms with Gasteiger partial charge in [-0.25, -0.2) is 4.39 Å². The van der Waals surface area contributed by atoms with E-state index in [1.165, 1.54) is 23.3 Å². The van der Waals surface area contributed by atoms with E-state index >= 15 is 0 Å². The number of aromatic amines is 1. The molecule has 3 aromatic rings. The molecule has 0 fully saturated rings. The maximum absolute atomic E-state index is 13.3. The Kier molecular flexibility index (Phi) is 3.19. The van der Waals surface area contributed by atoms with E-state index in [1.807, 2.05) is 0 Å². The summed E-state index contributed by atoms with van der Waals surface area (Å²) in [7, 11) is 0. The van der Waals surface area contributed by atoms with Gasteiger partial charge in [-0.3, -0.25) is 10.00 Å². The third kappa shape index (κ3) is 2.11. The maximum atomic E-state index is 13.3. The van der Waals surface area contributed by atoms with Gasteiger partial charge < -0.3 is 0 Å². The summed E-state index contributed by atoms with van der Waals surface area (Å²) in [6.07, 6.45) is 0.727. The summed E-state index contributed by atoms with van der Waals surface area (Å²) in [6, 6.07) is 13.4. The highest BCUT2D eigenvalue weighted by molar-refractivity contribution is 5.81. The van der Waals surface area contributed by atoms with Gasteiger partial charge in [-0.15, -0.1) is 0 Å². The number of nitrogens with one attached hydrogen (secondary N) is 1. The average molecular weight is 294 g/mol. The van der Waals surface area contributed by atoms with Crippen LogP contribution in [-0.2, 0) is 13.1 Å². The lowest BCUT2D eigenvalue weighted by atomic mass is 10.1. The minimum Gasteiger partial charge on any atom is -0.286 e. The van der Waals surface area contributed by atoms with Crippen LogP contribution in [0.4, 0.5) is 4.39 Å². The van der Waals surface area contributed by atoms with Gasteiger partial charge in [0.2, 0.25) is 0 Å². The molecule has 0 bridgehead atoms. The molecule has 1 aliphatic heterocycles. The number of hydrogen-bond donors (Lipinski definition) is 1. The van der Waals surface area contributed by atoms with Gasteiger partial charge in [0.15, 0.2) is 0 Å². The number of fused-ring (bicyclic) bond motifs is 2. The lowest BCUT2D eigenvalue weighted by Crippen LogP contribution is -2.23. The van der Waals surface area contributed by atoms with Crippen molar-refractivity contribution in [2.75, 3.05) is 0 Å². The Morgan fingerprint density at radius 2 is 1.91 bits per heavy atom. The molecule has 1 radical (unpaired) electrons. The Morgan fingerprint density at radius 3 is 2.59 bits per heavy atom. The lowest BCUT2D eigenvalue weighted by molar-refractivity contribution is 0.198. The zero-order valence-corrected chi connectivity index (χ0v) is 12.2. The Labute approximate surface area is 128 Å². The van der Waals surface area contributed by atoms with E-state index in [1.54, 1.807) is 6.07 Å². The molecule has 0 amide bonds. The highest BCUT2D eigenvalue weighted by Gasteiger charge is 2.28. The Bertz CT molecular complexity index is 799. The molecule has 0 spiro atoms. The number of aromatic nitrogens is 2. The van der Waals surface area contributed by atoms with E-state index < -0.39 is 0 Å². The van der Waals surface area contributed by atoms with Gasteiger partial charge >= 0.3 is 0 Å². The molecular formula is C18H17FN3. The fourth-order valence-electron chi connectivity index (χ4n) is 3.34. The lowest BCUT2D eigenvalue weighted by Gasteiger charge is -2.25. The summed E-state index contributed by atoms with van der Waals surface area (Å²) in [5.41, 5.74) is 4.43. The number of nitrogens with zero attached hydrogens (tertiary/aromatic N) is 2. The number of halogens is 1. The second-order valence-corrected chi connectivity index (χ2v) is 5.78. The fraction of sp³-hybridized carbons (Fsp3) is 0.222. The topological polar surface area (TPSA) is 31.9 Å². The minimum atomic E-state index is -0.248. The first-order valence-electron chi connectivity index (χ1n) is 7.50. The van der Waals surface area contributed by atoms with Crippen molar-refractivity contribution in [2.45, 2.75) is 25.6 Å². The SMILES string of the molecule is [CH2]CC(c1n[nH]c2cc(F)ccc12)N1Cc2ccccc2C1. The monoisotopic (exact) mass is 294 g/mol. The molecule has 4 heteroatoms. The van der Waals surface area contributed by atoms with E-state index in [4.69, 9.17) is 0 Å². The number of H-pyrrole nitrogens is 1. The van der Waals surface area contributed by atoms with Gasteiger partial charge in [-0.2, -0.15) is 5.10 Å². The first-order chi connectivity index (χ1) is 10.8. The van der Waals surface area contributed by atoms with E-state index in [2.05, 4.69) is 46.3 Å². The van der Waals surface area contributed by atoms with E-state index in [0.29, 0.717) is 0 Å². The molecule has 1 aromatic heterocycles. The zero-order chi connectivity index (χ0) is 15.1. The van der Waals surface area contributed by atoms with Crippen LogP contribution in [0.5, 0.6) is 0 Å². The smallest absolute Gasteiger partial charge is 0.125 e. The molecule has 4 rings (SSSR count). The number of benzene rings is 2. The molecule has 2 heterocycles. The molecule has 1 unspecified atom stereocenters. The molecule has 0 saturated heterocycles. The summed E-state index contributed by atoms with van der Waals surface area (Å²) in [6.45, 7) is 5.92. The summed E-state index contributed by atoms with van der Waals surface area (Å²) in [5, 5.41) is 8.36. The van der Waals surface area contributed by atoms with Crippen molar-refractivity contribution in [3.05, 3.63) is 72.0 Å². The Morgan fingerprint density at radius 1 is 1.18 bits per heavy atom. The predicted octanol–water partition coefficient (Wildman–Crippen LogP) is 3.98. The zero-order valence-electron chi connectivity index (χ0n) is 12.2. The van der Waals surface area contributed by atoms with Crippen molar-refractivity contribution in [2.24, 2.45) is 0 Å². The van der Waals surface area contributed by atoms with E-state index in [9.17, 15) is 4.39 Å². The molecule has 1 atom stereocenters. The van der Waals surface area contributed by atoms with Crippen molar-refractivity contribution in [1.82, 2.24) is 15.1 Å². The van der Waals surface area contributed by atoms with Gasteiger partial charge in [-0.1, -0.05) is 31.2 Å². The molecule has 0 saturated carbocycles. The normalized spacial score (nSPS) is 16.1. The second-order valence-electron chi connectivity index (χ2n) is 5.78. The molecule has 1 N–H and O–H groups in total. The quantitative estimate of drug-likeness (QED) is 0.792. The summed E-state index contributed by atoms with van der Waals surface area (Å²) < 4.78 is 13.3. The van der Waals surface area contributed by atoms with Crippen LogP contribution in [0, 0.1) is 12.7 Å².